The molecule has 0 spiro atoms. The van der Waals surface area contributed by atoms with Crippen molar-refractivity contribution in [3.63, 3.8) is 0 Å². The summed E-state index contributed by atoms with van der Waals surface area (Å²) in [6, 6.07) is 71.5. The van der Waals surface area contributed by atoms with Crippen LogP contribution in [-0.4, -0.2) is 5.71 Å². The van der Waals surface area contributed by atoms with Gasteiger partial charge in [0.25, 0.3) is 0 Å². The van der Waals surface area contributed by atoms with Crippen molar-refractivity contribution in [3.05, 3.63) is 223 Å². The summed E-state index contributed by atoms with van der Waals surface area (Å²) in [5, 5.41) is 11.0. The van der Waals surface area contributed by atoms with Crippen LogP contribution >= 0.6 is 0 Å². The highest BCUT2D eigenvalue weighted by molar-refractivity contribution is 6.22. The Balaban J connectivity index is 1.32. The zero-order chi connectivity index (χ0) is 37.1. The topological polar surface area (TPSA) is 24.4 Å². The maximum atomic E-state index is 5.35. The number of nitrogens with zero attached hydrogens (tertiary/aromatic N) is 1. The number of rotatable bonds is 9. The standard InChI is InChI=1S/C53H40N2/c1-36(38-18-7-3-8-19-38)54-53(55-37(2)39-20-9-4-10-21-39)44-31-33-48-50(35-44)52(42-25-13-6-14-26-42)47-32-30-43(34-49(47)51(48)41-23-11-5-12-24-41)46-29-17-27-40-22-15-16-28-45(40)46/h3-35,53-54H,1H2,2H3/b55-37+. The minimum absolute atomic E-state index is 0.384. The van der Waals surface area contributed by atoms with Crippen molar-refractivity contribution in [2.75, 3.05) is 0 Å². The van der Waals surface area contributed by atoms with Gasteiger partial charge < -0.3 is 5.32 Å². The summed E-state index contributed by atoms with van der Waals surface area (Å²) in [7, 11) is 0. The van der Waals surface area contributed by atoms with Gasteiger partial charge in [0.05, 0.1) is 0 Å². The molecule has 2 heteroatoms. The Labute approximate surface area is 322 Å². The molecular formula is C53H40N2. The normalized spacial score (nSPS) is 12.2. The van der Waals surface area contributed by atoms with E-state index < -0.39 is 0 Å². The molecule has 262 valence electrons. The molecule has 0 aliphatic heterocycles. The molecular weight excluding hydrogens is 665 g/mol. The Morgan fingerprint density at radius 1 is 0.455 bits per heavy atom. The van der Waals surface area contributed by atoms with Gasteiger partial charge in [-0.25, -0.2) is 0 Å². The lowest BCUT2D eigenvalue weighted by molar-refractivity contribution is 0.671. The SMILES string of the molecule is C=C(NC(/N=C(\C)c1ccccc1)c1ccc2c(-c3ccccc3)c3cc(-c4cccc5ccccc45)ccc3c(-c3ccccc3)c2c1)c1ccccc1. The molecule has 9 rings (SSSR count). The minimum atomic E-state index is -0.384. The number of nitrogens with one attached hydrogen (secondary N) is 1. The van der Waals surface area contributed by atoms with Gasteiger partial charge in [0.2, 0.25) is 0 Å². The first kappa shape index (κ1) is 33.8. The van der Waals surface area contributed by atoms with Crippen LogP contribution in [-0.2, 0) is 0 Å². The van der Waals surface area contributed by atoms with Crippen LogP contribution < -0.4 is 5.32 Å². The lowest BCUT2D eigenvalue weighted by atomic mass is 9.84. The van der Waals surface area contributed by atoms with Crippen LogP contribution in [0.5, 0.6) is 0 Å². The van der Waals surface area contributed by atoms with Crippen molar-refractivity contribution in [2.45, 2.75) is 13.1 Å². The lowest BCUT2D eigenvalue weighted by Gasteiger charge is -2.23. The zero-order valence-corrected chi connectivity index (χ0v) is 30.8. The van der Waals surface area contributed by atoms with E-state index in [4.69, 9.17) is 4.99 Å². The molecule has 0 fully saturated rings. The second kappa shape index (κ2) is 14.8. The third-order valence-corrected chi connectivity index (χ3v) is 10.6. The molecule has 0 saturated carbocycles. The fraction of sp³-hybridized carbons (Fsp3) is 0.0377. The third-order valence-electron chi connectivity index (χ3n) is 10.6. The maximum Gasteiger partial charge on any atom is 0.145 e. The van der Waals surface area contributed by atoms with E-state index in [9.17, 15) is 0 Å². The summed E-state index contributed by atoms with van der Waals surface area (Å²) >= 11 is 0. The highest BCUT2D eigenvalue weighted by atomic mass is 15.1. The quantitative estimate of drug-likeness (QED) is 0.117. The molecule has 1 N–H and O–H groups in total. The van der Waals surface area contributed by atoms with Gasteiger partial charge >= 0.3 is 0 Å². The predicted molar refractivity (Wildman–Crippen MR) is 235 cm³/mol. The molecule has 1 unspecified atom stereocenters. The van der Waals surface area contributed by atoms with Gasteiger partial charge in [-0.05, 0) is 101 Å². The summed E-state index contributed by atoms with van der Waals surface area (Å²) in [6.07, 6.45) is -0.384. The van der Waals surface area contributed by atoms with E-state index in [0.29, 0.717) is 0 Å². The largest absolute Gasteiger partial charge is 0.360 e. The van der Waals surface area contributed by atoms with Gasteiger partial charge in [-0.2, -0.15) is 0 Å². The molecule has 0 radical (unpaired) electrons. The number of fused-ring (bicyclic) bond motifs is 3. The van der Waals surface area contributed by atoms with Crippen LogP contribution in [0.3, 0.4) is 0 Å². The fourth-order valence-electron chi connectivity index (χ4n) is 7.92. The zero-order valence-electron chi connectivity index (χ0n) is 30.8. The van der Waals surface area contributed by atoms with Gasteiger partial charge in [-0.15, -0.1) is 0 Å². The molecule has 0 aliphatic rings. The van der Waals surface area contributed by atoms with E-state index in [0.717, 1.165) is 28.1 Å². The summed E-state index contributed by atoms with van der Waals surface area (Å²) in [6.45, 7) is 6.55. The molecule has 0 aromatic heterocycles. The molecule has 9 aromatic carbocycles. The molecule has 2 nitrogen and oxygen atoms in total. The van der Waals surface area contributed by atoms with Gasteiger partial charge in [0, 0.05) is 11.4 Å². The van der Waals surface area contributed by atoms with E-state index in [1.165, 1.54) is 65.7 Å². The Hall–Kier alpha value is -7.03. The smallest absolute Gasteiger partial charge is 0.145 e. The highest BCUT2D eigenvalue weighted by Crippen LogP contribution is 2.46. The number of benzene rings is 9. The lowest BCUT2D eigenvalue weighted by Crippen LogP contribution is -2.19. The van der Waals surface area contributed by atoms with Gasteiger partial charge in [0.1, 0.15) is 6.17 Å². The monoisotopic (exact) mass is 704 g/mol. The number of hydrogen-bond donors (Lipinski definition) is 1. The maximum absolute atomic E-state index is 5.35. The third kappa shape index (κ3) is 6.60. The van der Waals surface area contributed by atoms with E-state index >= 15 is 0 Å². The van der Waals surface area contributed by atoms with E-state index in [1.54, 1.807) is 0 Å². The first-order valence-electron chi connectivity index (χ1n) is 18.9. The van der Waals surface area contributed by atoms with Gasteiger partial charge in [-0.3, -0.25) is 4.99 Å². The molecule has 0 amide bonds. The Morgan fingerprint density at radius 2 is 0.982 bits per heavy atom. The van der Waals surface area contributed by atoms with Crippen LogP contribution in [0.2, 0.25) is 0 Å². The first-order valence-corrected chi connectivity index (χ1v) is 18.9. The Morgan fingerprint density at radius 3 is 1.64 bits per heavy atom. The first-order chi connectivity index (χ1) is 27.1. The molecule has 0 aliphatic carbocycles. The van der Waals surface area contributed by atoms with E-state index in [-0.39, 0.29) is 6.17 Å². The second-order valence-electron chi connectivity index (χ2n) is 14.0. The summed E-state index contributed by atoms with van der Waals surface area (Å²) in [5.41, 5.74) is 12.2. The minimum Gasteiger partial charge on any atom is -0.360 e. The molecule has 0 heterocycles. The second-order valence-corrected chi connectivity index (χ2v) is 14.0. The summed E-state index contributed by atoms with van der Waals surface area (Å²) < 4.78 is 0. The van der Waals surface area contributed by atoms with Crippen molar-refractivity contribution < 1.29 is 0 Å². The Bertz CT molecular complexity index is 2840. The molecule has 9 aromatic rings. The average molecular weight is 705 g/mol. The van der Waals surface area contributed by atoms with Crippen molar-refractivity contribution in [1.82, 2.24) is 5.32 Å². The Kier molecular flexibility index (Phi) is 9.07. The number of aliphatic imine (C=N–C) groups is 1. The average Bonchev–Trinajstić information content (AvgIpc) is 3.26. The van der Waals surface area contributed by atoms with Gasteiger partial charge in [0.15, 0.2) is 0 Å². The van der Waals surface area contributed by atoms with Crippen LogP contribution in [0.1, 0.15) is 29.8 Å². The van der Waals surface area contributed by atoms with Crippen LogP contribution in [0.15, 0.2) is 212 Å². The van der Waals surface area contributed by atoms with Crippen LogP contribution in [0.25, 0.3) is 71.4 Å². The fourth-order valence-corrected chi connectivity index (χ4v) is 7.92. The van der Waals surface area contributed by atoms with Gasteiger partial charge in [-0.1, -0.05) is 195 Å². The van der Waals surface area contributed by atoms with Crippen molar-refractivity contribution >= 4 is 43.7 Å². The van der Waals surface area contributed by atoms with E-state index in [1.807, 2.05) is 24.3 Å². The summed E-state index contributed by atoms with van der Waals surface area (Å²) in [4.78, 5) is 5.35. The van der Waals surface area contributed by atoms with Crippen LogP contribution in [0, 0.1) is 0 Å². The molecule has 1 atom stereocenters. The predicted octanol–water partition coefficient (Wildman–Crippen LogP) is 13.9. The van der Waals surface area contributed by atoms with Crippen molar-refractivity contribution in [1.29, 1.82) is 0 Å². The molecule has 55 heavy (non-hydrogen) atoms. The number of hydrogen-bond acceptors (Lipinski definition) is 2. The van der Waals surface area contributed by atoms with Crippen LogP contribution in [0.4, 0.5) is 0 Å². The van der Waals surface area contributed by atoms with E-state index in [2.05, 4.69) is 195 Å². The van der Waals surface area contributed by atoms with Crippen molar-refractivity contribution in [2.24, 2.45) is 4.99 Å². The summed E-state index contributed by atoms with van der Waals surface area (Å²) in [5.74, 6) is 0. The molecule has 0 saturated heterocycles. The molecule has 0 bridgehead atoms. The highest BCUT2D eigenvalue weighted by Gasteiger charge is 2.21. The van der Waals surface area contributed by atoms with Crippen molar-refractivity contribution in [3.8, 4) is 33.4 Å².